The number of hydrogen-bond donors (Lipinski definition) is 2. The van der Waals surface area contributed by atoms with Gasteiger partial charge in [-0.2, -0.15) is 0 Å². The van der Waals surface area contributed by atoms with E-state index in [0.29, 0.717) is 5.56 Å². The molecule has 2 N–H and O–H groups in total. The van der Waals surface area contributed by atoms with Gasteiger partial charge >= 0.3 is 0 Å². The minimum absolute atomic E-state index is 0.107. The molecule has 0 radical (unpaired) electrons. The molecule has 0 fully saturated rings. The average molecular weight is 263 g/mol. The Morgan fingerprint density at radius 1 is 1.44 bits per heavy atom. The number of hydrogen-bond acceptors (Lipinski definition) is 4. The molecule has 6 heteroatoms. The fourth-order valence-corrected chi connectivity index (χ4v) is 3.63. The zero-order valence-corrected chi connectivity index (χ0v) is 11.2. The average Bonchev–Trinajstić information content (AvgIpc) is 2.65. The summed E-state index contributed by atoms with van der Waals surface area (Å²) in [4.78, 5) is 0. The molecule has 0 amide bonds. The van der Waals surface area contributed by atoms with Crippen molar-refractivity contribution in [1.29, 1.82) is 0 Å². The minimum atomic E-state index is -3.44. The van der Waals surface area contributed by atoms with Crippen LogP contribution in [0.25, 0.3) is 0 Å². The Labute approximate surface area is 100 Å². The summed E-state index contributed by atoms with van der Waals surface area (Å²) in [6.07, 6.45) is 0. The van der Waals surface area contributed by atoms with Crippen LogP contribution >= 0.6 is 11.3 Å². The molecule has 1 rings (SSSR count). The summed E-state index contributed by atoms with van der Waals surface area (Å²) in [6, 6.07) is 1.39. The van der Waals surface area contributed by atoms with Crippen molar-refractivity contribution in [3.05, 3.63) is 17.0 Å². The van der Waals surface area contributed by atoms with Crippen molar-refractivity contribution in [1.82, 2.24) is 4.72 Å². The Balaban J connectivity index is 2.86. The summed E-state index contributed by atoms with van der Waals surface area (Å²) >= 11 is 1.12. The van der Waals surface area contributed by atoms with Gasteiger partial charge in [-0.15, -0.1) is 11.3 Å². The first-order valence-electron chi connectivity index (χ1n) is 5.07. The molecule has 0 aliphatic rings. The quantitative estimate of drug-likeness (QED) is 0.847. The lowest BCUT2D eigenvalue weighted by Gasteiger charge is -2.16. The zero-order chi connectivity index (χ0) is 12.3. The largest absolute Gasteiger partial charge is 0.392 e. The van der Waals surface area contributed by atoms with E-state index in [4.69, 9.17) is 5.11 Å². The van der Waals surface area contributed by atoms with Crippen molar-refractivity contribution in [2.45, 2.75) is 37.6 Å². The van der Waals surface area contributed by atoms with Crippen LogP contribution in [0.1, 0.15) is 26.3 Å². The van der Waals surface area contributed by atoms with E-state index >= 15 is 0 Å². The first-order valence-corrected chi connectivity index (χ1v) is 7.43. The van der Waals surface area contributed by atoms with E-state index in [-0.39, 0.29) is 22.8 Å². The van der Waals surface area contributed by atoms with Gasteiger partial charge in [-0.25, -0.2) is 13.1 Å². The first kappa shape index (κ1) is 13.6. The van der Waals surface area contributed by atoms with E-state index < -0.39 is 10.0 Å². The molecular weight excluding hydrogens is 246 g/mol. The second-order valence-electron chi connectivity index (χ2n) is 4.09. The molecule has 1 aromatic heterocycles. The van der Waals surface area contributed by atoms with Crippen LogP contribution in [0.15, 0.2) is 15.7 Å². The third-order valence-electron chi connectivity index (χ3n) is 2.42. The van der Waals surface area contributed by atoms with Gasteiger partial charge in [-0.05, 0) is 29.9 Å². The Hall–Kier alpha value is -0.430. The highest BCUT2D eigenvalue weighted by molar-refractivity contribution is 7.91. The van der Waals surface area contributed by atoms with Gasteiger partial charge in [-0.1, -0.05) is 13.8 Å². The number of nitrogens with one attached hydrogen (secondary N) is 1. The van der Waals surface area contributed by atoms with E-state index in [2.05, 4.69) is 4.72 Å². The van der Waals surface area contributed by atoms with Crippen LogP contribution in [0.3, 0.4) is 0 Å². The number of aliphatic hydroxyl groups excluding tert-OH is 1. The Morgan fingerprint density at radius 2 is 2.06 bits per heavy atom. The molecule has 0 aliphatic carbocycles. The first-order chi connectivity index (χ1) is 7.36. The van der Waals surface area contributed by atoms with Crippen molar-refractivity contribution >= 4 is 21.4 Å². The lowest BCUT2D eigenvalue weighted by atomic mass is 10.1. The summed E-state index contributed by atoms with van der Waals surface area (Å²) < 4.78 is 26.7. The van der Waals surface area contributed by atoms with E-state index in [9.17, 15) is 8.42 Å². The van der Waals surface area contributed by atoms with E-state index in [1.165, 1.54) is 6.07 Å². The van der Waals surface area contributed by atoms with Gasteiger partial charge in [0.2, 0.25) is 10.0 Å². The van der Waals surface area contributed by atoms with Crippen LogP contribution in [0.5, 0.6) is 0 Å². The lowest BCUT2D eigenvalue weighted by molar-refractivity contribution is 0.282. The van der Waals surface area contributed by atoms with Crippen LogP contribution < -0.4 is 4.72 Å². The van der Waals surface area contributed by atoms with Gasteiger partial charge in [0.1, 0.15) is 4.21 Å². The molecule has 1 atom stereocenters. The number of rotatable bonds is 5. The number of sulfonamides is 1. The molecule has 0 saturated heterocycles. The van der Waals surface area contributed by atoms with Crippen molar-refractivity contribution in [3.8, 4) is 0 Å². The SMILES string of the molecule is CC(C)C(C)NS(=O)(=O)c1cc(CO)cs1. The zero-order valence-electron chi connectivity index (χ0n) is 9.60. The second kappa shape index (κ2) is 5.27. The molecule has 16 heavy (non-hydrogen) atoms. The fourth-order valence-electron chi connectivity index (χ4n) is 1.02. The van der Waals surface area contributed by atoms with Crippen LogP contribution in [-0.4, -0.2) is 19.6 Å². The third kappa shape index (κ3) is 3.28. The molecule has 92 valence electrons. The standard InChI is InChI=1S/C10H17NO3S2/c1-7(2)8(3)11-16(13,14)10-4-9(5-12)6-15-10/h4,6-8,11-12H,5H2,1-3H3. The van der Waals surface area contributed by atoms with Crippen LogP contribution in [0, 0.1) is 5.92 Å². The lowest BCUT2D eigenvalue weighted by Crippen LogP contribution is -2.35. The summed E-state index contributed by atoms with van der Waals surface area (Å²) in [6.45, 7) is 5.62. The maximum Gasteiger partial charge on any atom is 0.250 e. The van der Waals surface area contributed by atoms with Crippen LogP contribution in [0.2, 0.25) is 0 Å². The van der Waals surface area contributed by atoms with Gasteiger partial charge in [0.05, 0.1) is 6.61 Å². The van der Waals surface area contributed by atoms with Gasteiger partial charge in [0.15, 0.2) is 0 Å². The van der Waals surface area contributed by atoms with Crippen molar-refractivity contribution in [2.75, 3.05) is 0 Å². The van der Waals surface area contributed by atoms with Gasteiger partial charge in [0, 0.05) is 6.04 Å². The van der Waals surface area contributed by atoms with E-state index in [0.717, 1.165) is 11.3 Å². The molecule has 4 nitrogen and oxygen atoms in total. The summed E-state index contributed by atoms with van der Waals surface area (Å²) in [5.41, 5.74) is 0.627. The minimum Gasteiger partial charge on any atom is -0.392 e. The second-order valence-corrected chi connectivity index (χ2v) is 6.94. The normalized spacial score (nSPS) is 14.3. The van der Waals surface area contributed by atoms with Crippen LogP contribution in [0.4, 0.5) is 0 Å². The molecule has 1 heterocycles. The molecule has 0 aliphatic heterocycles. The highest BCUT2D eigenvalue weighted by Crippen LogP contribution is 2.20. The third-order valence-corrected chi connectivity index (χ3v) is 5.47. The predicted octanol–water partition coefficient (Wildman–Crippen LogP) is 1.56. The Bertz CT molecular complexity index is 437. The van der Waals surface area contributed by atoms with Gasteiger partial charge in [0.25, 0.3) is 0 Å². The maximum absolute atomic E-state index is 11.9. The molecular formula is C10H17NO3S2. The maximum atomic E-state index is 11.9. The Morgan fingerprint density at radius 3 is 2.50 bits per heavy atom. The highest BCUT2D eigenvalue weighted by atomic mass is 32.2. The molecule has 0 spiro atoms. The Kier molecular flexibility index (Phi) is 4.49. The molecule has 0 saturated carbocycles. The van der Waals surface area contributed by atoms with Gasteiger partial charge < -0.3 is 5.11 Å². The summed E-state index contributed by atoms with van der Waals surface area (Å²) in [7, 11) is -3.44. The van der Waals surface area contributed by atoms with E-state index in [1.807, 2.05) is 20.8 Å². The number of aliphatic hydroxyl groups is 1. The highest BCUT2D eigenvalue weighted by Gasteiger charge is 2.20. The van der Waals surface area contributed by atoms with E-state index in [1.54, 1.807) is 5.38 Å². The van der Waals surface area contributed by atoms with Crippen LogP contribution in [-0.2, 0) is 16.6 Å². The molecule has 0 bridgehead atoms. The van der Waals surface area contributed by atoms with Crippen molar-refractivity contribution in [2.24, 2.45) is 5.92 Å². The summed E-state index contributed by atoms with van der Waals surface area (Å²) in [5, 5.41) is 10.5. The molecule has 1 unspecified atom stereocenters. The smallest absolute Gasteiger partial charge is 0.250 e. The van der Waals surface area contributed by atoms with Crippen molar-refractivity contribution < 1.29 is 13.5 Å². The monoisotopic (exact) mass is 263 g/mol. The molecule has 1 aromatic rings. The topological polar surface area (TPSA) is 66.4 Å². The molecule has 0 aromatic carbocycles. The van der Waals surface area contributed by atoms with Gasteiger partial charge in [-0.3, -0.25) is 0 Å². The fraction of sp³-hybridized carbons (Fsp3) is 0.600. The predicted molar refractivity (Wildman–Crippen MR) is 64.9 cm³/mol. The van der Waals surface area contributed by atoms with Crippen molar-refractivity contribution in [3.63, 3.8) is 0 Å². The summed E-state index contributed by atoms with van der Waals surface area (Å²) in [5.74, 6) is 0.243. The number of thiophene rings is 1.